The van der Waals surface area contributed by atoms with Gasteiger partial charge in [-0.2, -0.15) is 0 Å². The molecule has 1 aliphatic heterocycles. The van der Waals surface area contributed by atoms with Crippen molar-refractivity contribution in [2.45, 2.75) is 6.42 Å². The SMILES string of the molecule is O=C1NCN(CCc2cccc(Cl)c2)CN1. The lowest BCUT2D eigenvalue weighted by Crippen LogP contribution is -2.54. The van der Waals surface area contributed by atoms with Gasteiger partial charge in [-0.1, -0.05) is 23.7 Å². The van der Waals surface area contributed by atoms with Crippen LogP contribution in [0.5, 0.6) is 0 Å². The number of carbonyl (C=O) groups excluding carboxylic acids is 1. The van der Waals surface area contributed by atoms with Crippen LogP contribution >= 0.6 is 11.6 Å². The Hall–Kier alpha value is -1.26. The normalized spacial score (nSPS) is 16.7. The van der Waals surface area contributed by atoms with Crippen LogP contribution in [0.15, 0.2) is 24.3 Å². The molecule has 1 aromatic rings. The van der Waals surface area contributed by atoms with Crippen molar-refractivity contribution in [1.29, 1.82) is 0 Å². The van der Waals surface area contributed by atoms with Crippen LogP contribution in [0.4, 0.5) is 4.79 Å². The van der Waals surface area contributed by atoms with E-state index in [1.807, 2.05) is 18.2 Å². The molecule has 1 aliphatic rings. The minimum atomic E-state index is -0.0981. The summed E-state index contributed by atoms with van der Waals surface area (Å²) in [5, 5.41) is 6.23. The first-order valence-corrected chi connectivity index (χ1v) is 5.60. The molecule has 0 unspecified atom stereocenters. The molecule has 0 bridgehead atoms. The van der Waals surface area contributed by atoms with Crippen LogP contribution in [-0.4, -0.2) is 30.8 Å². The van der Waals surface area contributed by atoms with Gasteiger partial charge in [0.25, 0.3) is 0 Å². The molecule has 5 heteroatoms. The number of hydrogen-bond acceptors (Lipinski definition) is 2. The van der Waals surface area contributed by atoms with Crippen molar-refractivity contribution in [3.63, 3.8) is 0 Å². The van der Waals surface area contributed by atoms with Crippen molar-refractivity contribution in [2.24, 2.45) is 0 Å². The van der Waals surface area contributed by atoms with Gasteiger partial charge in [0, 0.05) is 11.6 Å². The molecule has 1 aromatic carbocycles. The first kappa shape index (κ1) is 11.2. The van der Waals surface area contributed by atoms with Crippen molar-refractivity contribution >= 4 is 17.6 Å². The molecule has 1 saturated heterocycles. The zero-order chi connectivity index (χ0) is 11.4. The quantitative estimate of drug-likeness (QED) is 0.838. The first-order valence-electron chi connectivity index (χ1n) is 5.22. The molecule has 0 atom stereocenters. The number of urea groups is 1. The number of nitrogens with one attached hydrogen (secondary N) is 2. The predicted molar refractivity (Wildman–Crippen MR) is 63.3 cm³/mol. The molecular weight excluding hydrogens is 226 g/mol. The summed E-state index contributed by atoms with van der Waals surface area (Å²) < 4.78 is 0. The van der Waals surface area contributed by atoms with Crippen LogP contribution in [0.1, 0.15) is 5.56 Å². The van der Waals surface area contributed by atoms with E-state index < -0.39 is 0 Å². The molecule has 2 N–H and O–H groups in total. The number of halogens is 1. The highest BCUT2D eigenvalue weighted by Gasteiger charge is 2.13. The second-order valence-corrected chi connectivity index (χ2v) is 4.21. The molecule has 0 radical (unpaired) electrons. The van der Waals surface area contributed by atoms with E-state index in [0.717, 1.165) is 18.0 Å². The molecule has 1 heterocycles. The second-order valence-electron chi connectivity index (χ2n) is 3.77. The molecule has 0 aromatic heterocycles. The van der Waals surface area contributed by atoms with Crippen molar-refractivity contribution in [3.05, 3.63) is 34.9 Å². The largest absolute Gasteiger partial charge is 0.325 e. The van der Waals surface area contributed by atoms with Crippen LogP contribution < -0.4 is 10.6 Å². The molecule has 2 rings (SSSR count). The third-order valence-electron chi connectivity index (χ3n) is 2.53. The number of hydrogen-bond donors (Lipinski definition) is 2. The maximum atomic E-state index is 10.9. The summed E-state index contributed by atoms with van der Waals surface area (Å²) in [7, 11) is 0. The third-order valence-corrected chi connectivity index (χ3v) is 2.77. The zero-order valence-electron chi connectivity index (χ0n) is 8.87. The van der Waals surface area contributed by atoms with Crippen LogP contribution in [0, 0.1) is 0 Å². The second kappa shape index (κ2) is 5.18. The van der Waals surface area contributed by atoms with Crippen molar-refractivity contribution in [2.75, 3.05) is 19.9 Å². The summed E-state index contributed by atoms with van der Waals surface area (Å²) in [6.45, 7) is 2.10. The van der Waals surface area contributed by atoms with E-state index in [9.17, 15) is 4.79 Å². The smallest absolute Gasteiger partial charge is 0.316 e. The number of benzene rings is 1. The van der Waals surface area contributed by atoms with Crippen LogP contribution in [0.3, 0.4) is 0 Å². The topological polar surface area (TPSA) is 44.4 Å². The molecular formula is C11H14ClN3O. The number of rotatable bonds is 3. The lowest BCUT2D eigenvalue weighted by molar-refractivity contribution is 0.183. The summed E-state index contributed by atoms with van der Waals surface area (Å²) in [5.41, 5.74) is 1.21. The van der Waals surface area contributed by atoms with E-state index >= 15 is 0 Å². The third kappa shape index (κ3) is 3.12. The highest BCUT2D eigenvalue weighted by atomic mass is 35.5. The van der Waals surface area contributed by atoms with Gasteiger partial charge in [0.05, 0.1) is 13.3 Å². The monoisotopic (exact) mass is 239 g/mol. The van der Waals surface area contributed by atoms with Gasteiger partial charge in [-0.25, -0.2) is 4.79 Å². The van der Waals surface area contributed by atoms with Crippen molar-refractivity contribution in [1.82, 2.24) is 15.5 Å². The van der Waals surface area contributed by atoms with Crippen LogP contribution in [0.25, 0.3) is 0 Å². The van der Waals surface area contributed by atoms with Crippen LogP contribution in [0.2, 0.25) is 5.02 Å². The lowest BCUT2D eigenvalue weighted by Gasteiger charge is -2.27. The lowest BCUT2D eigenvalue weighted by atomic mass is 10.1. The van der Waals surface area contributed by atoms with Gasteiger partial charge in [-0.15, -0.1) is 0 Å². The van der Waals surface area contributed by atoms with Crippen LogP contribution in [-0.2, 0) is 6.42 Å². The maximum Gasteiger partial charge on any atom is 0.316 e. The molecule has 4 nitrogen and oxygen atoms in total. The Bertz CT molecular complexity index is 373. The van der Waals surface area contributed by atoms with E-state index in [2.05, 4.69) is 21.6 Å². The highest BCUT2D eigenvalue weighted by Crippen LogP contribution is 2.11. The number of amides is 2. The summed E-state index contributed by atoms with van der Waals surface area (Å²) in [5.74, 6) is 0. The van der Waals surface area contributed by atoms with Gasteiger partial charge in [-0.3, -0.25) is 4.90 Å². The fourth-order valence-electron chi connectivity index (χ4n) is 1.62. The van der Waals surface area contributed by atoms with Gasteiger partial charge in [-0.05, 0) is 24.1 Å². The minimum absolute atomic E-state index is 0.0981. The minimum Gasteiger partial charge on any atom is -0.325 e. The zero-order valence-corrected chi connectivity index (χ0v) is 9.63. The number of nitrogens with zero attached hydrogens (tertiary/aromatic N) is 1. The molecule has 0 spiro atoms. The summed E-state index contributed by atoms with van der Waals surface area (Å²) in [6.07, 6.45) is 0.929. The van der Waals surface area contributed by atoms with E-state index in [1.54, 1.807) is 0 Å². The molecule has 2 amide bonds. The van der Waals surface area contributed by atoms with Gasteiger partial charge >= 0.3 is 6.03 Å². The number of carbonyl (C=O) groups is 1. The molecule has 0 saturated carbocycles. The Labute approximate surface area is 99.6 Å². The fourth-order valence-corrected chi connectivity index (χ4v) is 1.84. The fraction of sp³-hybridized carbons (Fsp3) is 0.364. The molecule has 1 fully saturated rings. The standard InChI is InChI=1S/C11H14ClN3O/c12-10-3-1-2-9(6-10)4-5-15-7-13-11(16)14-8-15/h1-3,6H,4-5,7-8H2,(H2,13,14,16). The van der Waals surface area contributed by atoms with E-state index in [4.69, 9.17) is 11.6 Å². The van der Waals surface area contributed by atoms with Gasteiger partial charge < -0.3 is 10.6 Å². The molecule has 16 heavy (non-hydrogen) atoms. The average molecular weight is 240 g/mol. The maximum absolute atomic E-state index is 10.9. The predicted octanol–water partition coefficient (Wildman–Crippen LogP) is 1.41. The summed E-state index contributed by atoms with van der Waals surface area (Å²) in [4.78, 5) is 13.0. The Morgan fingerprint density at radius 2 is 2.06 bits per heavy atom. The Balaban J connectivity index is 1.81. The van der Waals surface area contributed by atoms with E-state index in [1.165, 1.54) is 5.56 Å². The molecule has 86 valence electrons. The Morgan fingerprint density at radius 1 is 1.31 bits per heavy atom. The van der Waals surface area contributed by atoms with Gasteiger partial charge in [0.1, 0.15) is 0 Å². The van der Waals surface area contributed by atoms with Gasteiger partial charge in [0.2, 0.25) is 0 Å². The highest BCUT2D eigenvalue weighted by molar-refractivity contribution is 6.30. The van der Waals surface area contributed by atoms with Crippen molar-refractivity contribution < 1.29 is 4.79 Å². The Kier molecular flexibility index (Phi) is 3.64. The van der Waals surface area contributed by atoms with Gasteiger partial charge in [0.15, 0.2) is 0 Å². The Morgan fingerprint density at radius 3 is 2.75 bits per heavy atom. The molecule has 0 aliphatic carbocycles. The van der Waals surface area contributed by atoms with E-state index in [-0.39, 0.29) is 6.03 Å². The average Bonchev–Trinajstić information content (AvgIpc) is 2.28. The summed E-state index contributed by atoms with van der Waals surface area (Å²) >= 11 is 5.90. The van der Waals surface area contributed by atoms with E-state index in [0.29, 0.717) is 13.3 Å². The first-order chi connectivity index (χ1) is 7.74. The summed E-state index contributed by atoms with van der Waals surface area (Å²) in [6, 6.07) is 7.75. The van der Waals surface area contributed by atoms with Crippen molar-refractivity contribution in [3.8, 4) is 0 Å².